The topological polar surface area (TPSA) is 66.5 Å². The van der Waals surface area contributed by atoms with Crippen LogP contribution >= 0.6 is 0 Å². The zero-order valence-electron chi connectivity index (χ0n) is 15.2. The first-order valence-corrected chi connectivity index (χ1v) is 11.0. The fourth-order valence-electron chi connectivity index (χ4n) is 3.13. The van der Waals surface area contributed by atoms with Crippen LogP contribution in [0.5, 0.6) is 0 Å². The Labute approximate surface area is 151 Å². The second kappa shape index (κ2) is 9.92. The van der Waals surface area contributed by atoms with Crippen molar-refractivity contribution in [1.82, 2.24) is 10.2 Å². The molecule has 0 saturated carbocycles. The van der Waals surface area contributed by atoms with Crippen LogP contribution in [0.15, 0.2) is 24.3 Å². The van der Waals surface area contributed by atoms with Crippen molar-refractivity contribution in [1.29, 1.82) is 0 Å². The molecule has 1 aromatic carbocycles. The van der Waals surface area contributed by atoms with Crippen molar-refractivity contribution in [3.05, 3.63) is 35.4 Å². The molecule has 1 amide bonds. The van der Waals surface area contributed by atoms with Gasteiger partial charge in [0.2, 0.25) is 5.91 Å². The maximum atomic E-state index is 12.2. The molecule has 140 valence electrons. The standard InChI is InChI=1S/C19H30N2O3S/c1-17-8-4-5-9-18(17)16-25(23,24)15-10-19(22)20-11-14-21-12-6-2-3-7-13-21/h4-5,8-9H,2-3,6-7,10-16H2,1H3,(H,20,22). The summed E-state index contributed by atoms with van der Waals surface area (Å²) < 4.78 is 24.5. The number of rotatable bonds is 8. The molecule has 1 aliphatic heterocycles. The molecule has 0 spiro atoms. The van der Waals surface area contributed by atoms with Crippen LogP contribution in [-0.4, -0.2) is 51.2 Å². The highest BCUT2D eigenvalue weighted by molar-refractivity contribution is 7.90. The summed E-state index contributed by atoms with van der Waals surface area (Å²) in [5.41, 5.74) is 1.78. The highest BCUT2D eigenvalue weighted by Crippen LogP contribution is 2.12. The summed E-state index contributed by atoms with van der Waals surface area (Å²) in [5.74, 6) is -0.277. The first kappa shape index (κ1) is 19.9. The van der Waals surface area contributed by atoms with E-state index in [0.29, 0.717) is 6.54 Å². The lowest BCUT2D eigenvalue weighted by atomic mass is 10.1. The zero-order valence-corrected chi connectivity index (χ0v) is 16.0. The Hall–Kier alpha value is -1.40. The molecule has 0 atom stereocenters. The lowest BCUT2D eigenvalue weighted by molar-refractivity contribution is -0.120. The molecule has 1 aliphatic rings. The summed E-state index contributed by atoms with van der Waals surface area (Å²) in [6, 6.07) is 7.46. The van der Waals surface area contributed by atoms with Gasteiger partial charge in [-0.15, -0.1) is 0 Å². The van der Waals surface area contributed by atoms with Crippen LogP contribution in [0.4, 0.5) is 0 Å². The smallest absolute Gasteiger partial charge is 0.221 e. The lowest BCUT2D eigenvalue weighted by Gasteiger charge is -2.19. The number of amides is 1. The largest absolute Gasteiger partial charge is 0.355 e. The molecule has 1 heterocycles. The van der Waals surface area contributed by atoms with E-state index in [1.165, 1.54) is 25.7 Å². The minimum Gasteiger partial charge on any atom is -0.355 e. The SMILES string of the molecule is Cc1ccccc1CS(=O)(=O)CCC(=O)NCCN1CCCCCC1. The van der Waals surface area contributed by atoms with E-state index >= 15 is 0 Å². The molecule has 1 fully saturated rings. The van der Waals surface area contributed by atoms with Crippen molar-refractivity contribution in [3.8, 4) is 0 Å². The van der Waals surface area contributed by atoms with E-state index in [0.717, 1.165) is 30.8 Å². The van der Waals surface area contributed by atoms with Crippen LogP contribution in [0, 0.1) is 6.92 Å². The van der Waals surface area contributed by atoms with E-state index < -0.39 is 9.84 Å². The molecular formula is C19H30N2O3S. The van der Waals surface area contributed by atoms with Gasteiger partial charge >= 0.3 is 0 Å². The zero-order chi connectivity index (χ0) is 18.1. The number of carbonyl (C=O) groups excluding carboxylic acids is 1. The second-order valence-electron chi connectivity index (χ2n) is 6.87. The Morgan fingerprint density at radius 3 is 2.48 bits per heavy atom. The summed E-state index contributed by atoms with van der Waals surface area (Å²) in [4.78, 5) is 14.3. The van der Waals surface area contributed by atoms with Gasteiger partial charge in [0.15, 0.2) is 9.84 Å². The maximum Gasteiger partial charge on any atom is 0.221 e. The van der Waals surface area contributed by atoms with Crippen LogP contribution in [-0.2, 0) is 20.4 Å². The Morgan fingerprint density at radius 1 is 1.12 bits per heavy atom. The molecule has 2 rings (SSSR count). The van der Waals surface area contributed by atoms with Gasteiger partial charge in [0.25, 0.3) is 0 Å². The predicted molar refractivity (Wildman–Crippen MR) is 101 cm³/mol. The number of aryl methyl sites for hydroxylation is 1. The average molecular weight is 367 g/mol. The Bertz CT molecular complexity index is 650. The third kappa shape index (κ3) is 7.57. The third-order valence-electron chi connectivity index (χ3n) is 4.73. The highest BCUT2D eigenvalue weighted by Gasteiger charge is 2.16. The molecule has 0 radical (unpaired) electrons. The quantitative estimate of drug-likeness (QED) is 0.767. The van der Waals surface area contributed by atoms with Gasteiger partial charge in [-0.25, -0.2) is 8.42 Å². The number of carbonyl (C=O) groups is 1. The van der Waals surface area contributed by atoms with Crippen LogP contribution in [0.1, 0.15) is 43.2 Å². The van der Waals surface area contributed by atoms with Crippen molar-refractivity contribution >= 4 is 15.7 Å². The van der Waals surface area contributed by atoms with Crippen LogP contribution in [0.3, 0.4) is 0 Å². The molecule has 0 bridgehead atoms. The number of likely N-dealkylation sites (tertiary alicyclic amines) is 1. The minimum atomic E-state index is -3.27. The number of sulfone groups is 1. The second-order valence-corrected chi connectivity index (χ2v) is 9.06. The number of hydrogen-bond acceptors (Lipinski definition) is 4. The fourth-order valence-corrected chi connectivity index (χ4v) is 4.57. The van der Waals surface area contributed by atoms with E-state index in [-0.39, 0.29) is 23.8 Å². The normalized spacial score (nSPS) is 16.4. The third-order valence-corrected chi connectivity index (χ3v) is 6.30. The van der Waals surface area contributed by atoms with Crippen LogP contribution < -0.4 is 5.32 Å². The summed E-state index contributed by atoms with van der Waals surface area (Å²) in [6.45, 7) is 5.54. The van der Waals surface area contributed by atoms with Gasteiger partial charge in [0.05, 0.1) is 11.5 Å². The molecule has 1 aromatic rings. The van der Waals surface area contributed by atoms with Crippen LogP contribution in [0.2, 0.25) is 0 Å². The highest BCUT2D eigenvalue weighted by atomic mass is 32.2. The molecule has 0 unspecified atom stereocenters. The molecule has 0 aromatic heterocycles. The number of nitrogens with one attached hydrogen (secondary N) is 1. The van der Waals surface area contributed by atoms with Crippen molar-refractivity contribution in [2.45, 2.75) is 44.8 Å². The fraction of sp³-hybridized carbons (Fsp3) is 0.632. The van der Waals surface area contributed by atoms with Crippen molar-refractivity contribution in [2.75, 3.05) is 31.9 Å². The van der Waals surface area contributed by atoms with Gasteiger partial charge in [0, 0.05) is 19.5 Å². The van der Waals surface area contributed by atoms with E-state index in [9.17, 15) is 13.2 Å². The van der Waals surface area contributed by atoms with E-state index in [1.54, 1.807) is 0 Å². The number of benzene rings is 1. The summed E-state index contributed by atoms with van der Waals surface area (Å²) >= 11 is 0. The van der Waals surface area contributed by atoms with Crippen LogP contribution in [0.25, 0.3) is 0 Å². The molecule has 1 N–H and O–H groups in total. The molecule has 1 saturated heterocycles. The molecule has 6 heteroatoms. The monoisotopic (exact) mass is 366 g/mol. The maximum absolute atomic E-state index is 12.2. The van der Waals surface area contributed by atoms with Gasteiger partial charge in [-0.2, -0.15) is 0 Å². The van der Waals surface area contributed by atoms with Crippen molar-refractivity contribution in [2.24, 2.45) is 0 Å². The molecule has 25 heavy (non-hydrogen) atoms. The molecule has 5 nitrogen and oxygen atoms in total. The number of hydrogen-bond donors (Lipinski definition) is 1. The number of nitrogens with zero attached hydrogens (tertiary/aromatic N) is 1. The van der Waals surface area contributed by atoms with Gasteiger partial charge in [-0.05, 0) is 44.0 Å². The summed E-state index contributed by atoms with van der Waals surface area (Å²) in [6.07, 6.45) is 5.08. The Kier molecular flexibility index (Phi) is 7.90. The lowest BCUT2D eigenvalue weighted by Crippen LogP contribution is -2.36. The molecule has 0 aliphatic carbocycles. The Balaban J connectivity index is 1.69. The predicted octanol–water partition coefficient (Wildman–Crippen LogP) is 2.29. The summed E-state index contributed by atoms with van der Waals surface area (Å²) in [7, 11) is -3.27. The molecular weight excluding hydrogens is 336 g/mol. The average Bonchev–Trinajstić information content (AvgIpc) is 2.84. The van der Waals surface area contributed by atoms with E-state index in [4.69, 9.17) is 0 Å². The first-order valence-electron chi connectivity index (χ1n) is 9.20. The van der Waals surface area contributed by atoms with E-state index in [2.05, 4.69) is 10.2 Å². The Morgan fingerprint density at radius 2 is 1.80 bits per heavy atom. The first-order chi connectivity index (χ1) is 12.0. The van der Waals surface area contributed by atoms with E-state index in [1.807, 2.05) is 31.2 Å². The van der Waals surface area contributed by atoms with Gasteiger partial charge < -0.3 is 10.2 Å². The minimum absolute atomic E-state index is 0.000725. The van der Waals surface area contributed by atoms with Gasteiger partial charge in [0.1, 0.15) is 0 Å². The van der Waals surface area contributed by atoms with Crippen molar-refractivity contribution in [3.63, 3.8) is 0 Å². The van der Waals surface area contributed by atoms with Crippen molar-refractivity contribution < 1.29 is 13.2 Å². The summed E-state index contributed by atoms with van der Waals surface area (Å²) in [5, 5.41) is 2.85. The van der Waals surface area contributed by atoms with Gasteiger partial charge in [-0.3, -0.25) is 4.79 Å². The van der Waals surface area contributed by atoms with Gasteiger partial charge in [-0.1, -0.05) is 37.1 Å².